The summed E-state index contributed by atoms with van der Waals surface area (Å²) in [6, 6.07) is 2.12. The van der Waals surface area contributed by atoms with E-state index < -0.39 is 0 Å². The van der Waals surface area contributed by atoms with E-state index in [0.717, 1.165) is 18.4 Å². The molecule has 1 aliphatic carbocycles. The molecule has 17 heavy (non-hydrogen) atoms. The zero-order valence-electron chi connectivity index (χ0n) is 10.0. The standard InChI is InChI=1S/C13H14N2O2/c1-3-17-13-10(7-14)9-5-4-6-11(16)12(9)8(2)15-13/h3-6H2,1-2H3. The van der Waals surface area contributed by atoms with Gasteiger partial charge in [0.2, 0.25) is 5.88 Å². The van der Waals surface area contributed by atoms with E-state index in [9.17, 15) is 10.1 Å². The predicted molar refractivity (Wildman–Crippen MR) is 62.1 cm³/mol. The van der Waals surface area contributed by atoms with Crippen LogP contribution in [0.2, 0.25) is 0 Å². The van der Waals surface area contributed by atoms with Crippen LogP contribution in [-0.4, -0.2) is 17.4 Å². The van der Waals surface area contributed by atoms with E-state index in [2.05, 4.69) is 11.1 Å². The Morgan fingerprint density at radius 1 is 1.47 bits per heavy atom. The van der Waals surface area contributed by atoms with Crippen LogP contribution in [0.25, 0.3) is 0 Å². The molecule has 0 amide bonds. The third-order valence-corrected chi connectivity index (χ3v) is 2.95. The van der Waals surface area contributed by atoms with E-state index in [0.29, 0.717) is 35.7 Å². The van der Waals surface area contributed by atoms with Gasteiger partial charge in [0.25, 0.3) is 0 Å². The summed E-state index contributed by atoms with van der Waals surface area (Å²) in [5.41, 5.74) is 2.56. The minimum atomic E-state index is 0.0933. The number of hydrogen-bond donors (Lipinski definition) is 0. The van der Waals surface area contributed by atoms with Crippen molar-refractivity contribution in [2.45, 2.75) is 33.1 Å². The number of rotatable bonds is 2. The minimum absolute atomic E-state index is 0.0933. The van der Waals surface area contributed by atoms with Gasteiger partial charge >= 0.3 is 0 Å². The minimum Gasteiger partial charge on any atom is -0.477 e. The monoisotopic (exact) mass is 230 g/mol. The molecule has 2 rings (SSSR count). The van der Waals surface area contributed by atoms with E-state index in [1.807, 2.05) is 6.92 Å². The molecule has 88 valence electrons. The summed E-state index contributed by atoms with van der Waals surface area (Å²) in [5, 5.41) is 9.20. The first-order valence-corrected chi connectivity index (χ1v) is 5.78. The molecule has 0 atom stereocenters. The first-order chi connectivity index (χ1) is 8.19. The molecule has 0 bridgehead atoms. The van der Waals surface area contributed by atoms with Gasteiger partial charge in [0, 0.05) is 12.0 Å². The first-order valence-electron chi connectivity index (χ1n) is 5.78. The molecule has 0 aromatic carbocycles. The number of pyridine rings is 1. The lowest BCUT2D eigenvalue weighted by Crippen LogP contribution is -2.17. The van der Waals surface area contributed by atoms with Crippen molar-refractivity contribution >= 4 is 5.78 Å². The van der Waals surface area contributed by atoms with Crippen LogP contribution in [-0.2, 0) is 6.42 Å². The second-order valence-corrected chi connectivity index (χ2v) is 4.05. The highest BCUT2D eigenvalue weighted by Crippen LogP contribution is 2.31. The Balaban J connectivity index is 2.67. The summed E-state index contributed by atoms with van der Waals surface area (Å²) >= 11 is 0. The lowest BCUT2D eigenvalue weighted by Gasteiger charge is -2.19. The summed E-state index contributed by atoms with van der Waals surface area (Å²) in [4.78, 5) is 16.1. The van der Waals surface area contributed by atoms with E-state index in [1.54, 1.807) is 6.92 Å². The maximum atomic E-state index is 11.9. The van der Waals surface area contributed by atoms with Crippen molar-refractivity contribution in [1.29, 1.82) is 5.26 Å². The number of aromatic nitrogens is 1. The molecule has 0 fully saturated rings. The number of carbonyl (C=O) groups excluding carboxylic acids is 1. The Kier molecular flexibility index (Phi) is 3.10. The number of ether oxygens (including phenoxy) is 1. The smallest absolute Gasteiger partial charge is 0.232 e. The average Bonchev–Trinajstić information content (AvgIpc) is 2.29. The molecule has 4 heteroatoms. The Morgan fingerprint density at radius 3 is 2.88 bits per heavy atom. The third kappa shape index (κ3) is 1.89. The molecule has 0 aliphatic heterocycles. The molecule has 0 N–H and O–H groups in total. The first kappa shape index (κ1) is 11.6. The number of aryl methyl sites for hydroxylation is 1. The van der Waals surface area contributed by atoms with Gasteiger partial charge in [-0.2, -0.15) is 5.26 Å². The van der Waals surface area contributed by atoms with E-state index >= 15 is 0 Å². The van der Waals surface area contributed by atoms with Crippen molar-refractivity contribution in [2.75, 3.05) is 6.61 Å². The van der Waals surface area contributed by atoms with E-state index in [4.69, 9.17) is 4.74 Å². The van der Waals surface area contributed by atoms with E-state index in [-0.39, 0.29) is 5.78 Å². The van der Waals surface area contributed by atoms with Crippen LogP contribution in [0.3, 0.4) is 0 Å². The number of fused-ring (bicyclic) bond motifs is 1. The van der Waals surface area contributed by atoms with Crippen molar-refractivity contribution in [2.24, 2.45) is 0 Å². The highest BCUT2D eigenvalue weighted by molar-refractivity contribution is 6.00. The number of hydrogen-bond acceptors (Lipinski definition) is 4. The van der Waals surface area contributed by atoms with Crippen molar-refractivity contribution in [3.63, 3.8) is 0 Å². The highest BCUT2D eigenvalue weighted by atomic mass is 16.5. The molecule has 4 nitrogen and oxygen atoms in total. The van der Waals surface area contributed by atoms with Crippen LogP contribution >= 0.6 is 0 Å². The van der Waals surface area contributed by atoms with Crippen molar-refractivity contribution in [3.8, 4) is 11.9 Å². The third-order valence-electron chi connectivity index (χ3n) is 2.95. The summed E-state index contributed by atoms with van der Waals surface area (Å²) in [5.74, 6) is 0.455. The normalized spacial score (nSPS) is 14.1. The summed E-state index contributed by atoms with van der Waals surface area (Å²) in [6.07, 6.45) is 2.11. The number of ketones is 1. The fourth-order valence-electron chi connectivity index (χ4n) is 2.26. The number of Topliss-reactive ketones (excluding diaryl/α,β-unsaturated/α-hetero) is 1. The van der Waals surface area contributed by atoms with Crippen molar-refractivity contribution < 1.29 is 9.53 Å². The molecule has 1 heterocycles. The molecule has 0 saturated carbocycles. The quantitative estimate of drug-likeness (QED) is 0.781. The number of carbonyl (C=O) groups is 1. The molecule has 1 aliphatic rings. The molecule has 0 saturated heterocycles. The molecule has 0 radical (unpaired) electrons. The summed E-state index contributed by atoms with van der Waals surface area (Å²) < 4.78 is 5.37. The second kappa shape index (κ2) is 4.54. The van der Waals surface area contributed by atoms with Gasteiger partial charge in [-0.25, -0.2) is 4.98 Å². The highest BCUT2D eigenvalue weighted by Gasteiger charge is 2.26. The summed E-state index contributed by atoms with van der Waals surface area (Å²) in [7, 11) is 0. The molecular formula is C13H14N2O2. The molecule has 0 unspecified atom stereocenters. The van der Waals surface area contributed by atoms with Crippen molar-refractivity contribution in [1.82, 2.24) is 4.98 Å². The van der Waals surface area contributed by atoms with Gasteiger partial charge in [-0.3, -0.25) is 4.79 Å². The fraction of sp³-hybridized carbons (Fsp3) is 0.462. The zero-order valence-corrected chi connectivity index (χ0v) is 10.0. The number of nitrogens with zero attached hydrogens (tertiary/aromatic N) is 2. The lowest BCUT2D eigenvalue weighted by molar-refractivity contribution is 0.0971. The van der Waals surface area contributed by atoms with Gasteiger partial charge in [0.1, 0.15) is 11.6 Å². The lowest BCUT2D eigenvalue weighted by atomic mass is 9.87. The zero-order chi connectivity index (χ0) is 12.4. The van der Waals surface area contributed by atoms with Gasteiger partial charge in [0.15, 0.2) is 5.78 Å². The summed E-state index contributed by atoms with van der Waals surface area (Å²) in [6.45, 7) is 4.11. The Bertz CT molecular complexity index is 515. The molecule has 1 aromatic rings. The van der Waals surface area contributed by atoms with Crippen LogP contribution in [0.5, 0.6) is 5.88 Å². The fourth-order valence-corrected chi connectivity index (χ4v) is 2.26. The van der Waals surface area contributed by atoms with Gasteiger partial charge in [-0.15, -0.1) is 0 Å². The van der Waals surface area contributed by atoms with Crippen LogP contribution < -0.4 is 4.74 Å². The van der Waals surface area contributed by atoms with Crippen LogP contribution in [0.1, 0.15) is 46.9 Å². The van der Waals surface area contributed by atoms with Crippen LogP contribution in [0.4, 0.5) is 0 Å². The molecular weight excluding hydrogens is 216 g/mol. The van der Waals surface area contributed by atoms with E-state index in [1.165, 1.54) is 0 Å². The van der Waals surface area contributed by atoms with Crippen molar-refractivity contribution in [3.05, 3.63) is 22.4 Å². The Hall–Kier alpha value is -1.89. The largest absolute Gasteiger partial charge is 0.477 e. The molecule has 1 aromatic heterocycles. The topological polar surface area (TPSA) is 63.0 Å². The Labute approximate surface area is 100 Å². The van der Waals surface area contributed by atoms with Crippen LogP contribution in [0, 0.1) is 18.3 Å². The SMILES string of the molecule is CCOc1nc(C)c2c(c1C#N)CCCC2=O. The van der Waals surface area contributed by atoms with Crippen LogP contribution in [0.15, 0.2) is 0 Å². The maximum absolute atomic E-state index is 11.9. The van der Waals surface area contributed by atoms with Gasteiger partial charge in [0.05, 0.1) is 12.3 Å². The average molecular weight is 230 g/mol. The molecule has 0 spiro atoms. The predicted octanol–water partition coefficient (Wildman–Crippen LogP) is 2.18. The van der Waals surface area contributed by atoms with Gasteiger partial charge in [-0.05, 0) is 32.3 Å². The Morgan fingerprint density at radius 2 is 2.24 bits per heavy atom. The number of nitriles is 1. The van der Waals surface area contributed by atoms with Gasteiger partial charge < -0.3 is 4.74 Å². The van der Waals surface area contributed by atoms with Gasteiger partial charge in [-0.1, -0.05) is 0 Å². The maximum Gasteiger partial charge on any atom is 0.232 e. The second-order valence-electron chi connectivity index (χ2n) is 4.05.